The summed E-state index contributed by atoms with van der Waals surface area (Å²) in [5.74, 6) is 0. The van der Waals surface area contributed by atoms with Crippen LogP contribution in [0.3, 0.4) is 0 Å². The number of aliphatic hydroxyl groups excluding tert-OH is 1. The van der Waals surface area contributed by atoms with Crippen LogP contribution in [-0.4, -0.2) is 24.3 Å². The van der Waals surface area contributed by atoms with Gasteiger partial charge in [0.25, 0.3) is 0 Å². The van der Waals surface area contributed by atoms with Gasteiger partial charge in [-0.05, 0) is 19.3 Å². The zero-order chi connectivity index (χ0) is 8.60. The van der Waals surface area contributed by atoms with E-state index < -0.39 is 6.29 Å². The van der Waals surface area contributed by atoms with Crippen molar-refractivity contribution in [2.75, 3.05) is 6.61 Å². The first-order chi connectivity index (χ1) is 5.77. The molecule has 3 nitrogen and oxygen atoms in total. The summed E-state index contributed by atoms with van der Waals surface area (Å²) in [6, 6.07) is 0. The zero-order valence-electron chi connectivity index (χ0n) is 7.45. The molecule has 0 spiro atoms. The minimum Gasteiger partial charge on any atom is -0.368 e. The Kier molecular flexibility index (Phi) is 2.10. The van der Waals surface area contributed by atoms with Gasteiger partial charge in [0.05, 0.1) is 0 Å². The van der Waals surface area contributed by atoms with Crippen LogP contribution < -0.4 is 0 Å². The topological polar surface area (TPSA) is 38.7 Å². The lowest BCUT2D eigenvalue weighted by Gasteiger charge is -2.36. The monoisotopic (exact) mass is 172 g/mol. The van der Waals surface area contributed by atoms with E-state index in [2.05, 4.69) is 6.92 Å². The van der Waals surface area contributed by atoms with Crippen LogP contribution in [0.4, 0.5) is 0 Å². The number of hydrogen-bond donors (Lipinski definition) is 1. The SMILES string of the molecule is CC[C@]12CCCO[C@H]1O[C@@H](O)C2. The van der Waals surface area contributed by atoms with E-state index in [1.807, 2.05) is 0 Å². The molecule has 2 heterocycles. The summed E-state index contributed by atoms with van der Waals surface area (Å²) in [6.07, 6.45) is 3.26. The first-order valence-electron chi connectivity index (χ1n) is 4.72. The highest BCUT2D eigenvalue weighted by Gasteiger charge is 2.49. The van der Waals surface area contributed by atoms with Crippen molar-refractivity contribution in [3.63, 3.8) is 0 Å². The largest absolute Gasteiger partial charge is 0.368 e. The summed E-state index contributed by atoms with van der Waals surface area (Å²) in [5.41, 5.74) is 0.109. The van der Waals surface area contributed by atoms with Crippen LogP contribution in [-0.2, 0) is 9.47 Å². The van der Waals surface area contributed by atoms with Crippen molar-refractivity contribution in [3.8, 4) is 0 Å². The second-order valence-electron chi connectivity index (χ2n) is 3.82. The lowest BCUT2D eigenvalue weighted by molar-refractivity contribution is -0.224. The van der Waals surface area contributed by atoms with Crippen molar-refractivity contribution in [1.82, 2.24) is 0 Å². The van der Waals surface area contributed by atoms with E-state index >= 15 is 0 Å². The van der Waals surface area contributed by atoms with E-state index in [0.717, 1.165) is 32.3 Å². The van der Waals surface area contributed by atoms with Crippen molar-refractivity contribution in [2.45, 2.75) is 45.2 Å². The van der Waals surface area contributed by atoms with Crippen LogP contribution >= 0.6 is 0 Å². The minimum absolute atomic E-state index is 0.109. The Morgan fingerprint density at radius 3 is 3.08 bits per heavy atom. The molecule has 0 aromatic carbocycles. The predicted octanol–water partition coefficient (Wildman–Crippen LogP) is 1.26. The van der Waals surface area contributed by atoms with Gasteiger partial charge in [-0.3, -0.25) is 0 Å². The van der Waals surface area contributed by atoms with Gasteiger partial charge in [0.2, 0.25) is 0 Å². The van der Waals surface area contributed by atoms with Crippen LogP contribution in [0, 0.1) is 5.41 Å². The summed E-state index contributed by atoms with van der Waals surface area (Å²) in [7, 11) is 0. The molecular formula is C9H16O3. The van der Waals surface area contributed by atoms with E-state index in [1.54, 1.807) is 0 Å². The highest BCUT2D eigenvalue weighted by Crippen LogP contribution is 2.47. The van der Waals surface area contributed by atoms with E-state index in [-0.39, 0.29) is 11.7 Å². The fourth-order valence-corrected chi connectivity index (χ4v) is 2.32. The standard InChI is InChI=1S/C9H16O3/c1-2-9-4-3-5-11-8(9)12-7(10)6-9/h7-8,10H,2-6H2,1H3/t7-,8+,9-/m1/s1. The fraction of sp³-hybridized carbons (Fsp3) is 1.00. The van der Waals surface area contributed by atoms with Crippen molar-refractivity contribution in [2.24, 2.45) is 5.41 Å². The minimum atomic E-state index is -0.604. The first kappa shape index (κ1) is 8.48. The van der Waals surface area contributed by atoms with Gasteiger partial charge in [-0.1, -0.05) is 6.92 Å². The molecule has 0 aromatic heterocycles. The normalized spacial score (nSPS) is 47.5. The molecule has 0 unspecified atom stereocenters. The van der Waals surface area contributed by atoms with Gasteiger partial charge in [-0.25, -0.2) is 0 Å². The highest BCUT2D eigenvalue weighted by atomic mass is 16.7. The average Bonchev–Trinajstić information content (AvgIpc) is 2.41. The maximum Gasteiger partial charge on any atom is 0.166 e. The van der Waals surface area contributed by atoms with Crippen molar-refractivity contribution < 1.29 is 14.6 Å². The number of ether oxygens (including phenoxy) is 2. The van der Waals surface area contributed by atoms with E-state index in [1.165, 1.54) is 0 Å². The molecule has 0 bridgehead atoms. The van der Waals surface area contributed by atoms with Crippen LogP contribution in [0.25, 0.3) is 0 Å². The third kappa shape index (κ3) is 1.16. The van der Waals surface area contributed by atoms with Crippen LogP contribution in [0.15, 0.2) is 0 Å². The third-order valence-electron chi connectivity index (χ3n) is 3.15. The summed E-state index contributed by atoms with van der Waals surface area (Å²) in [5, 5.41) is 9.35. The van der Waals surface area contributed by atoms with Crippen LogP contribution in [0.1, 0.15) is 32.6 Å². The maximum absolute atomic E-state index is 9.35. The maximum atomic E-state index is 9.35. The number of hydrogen-bond acceptors (Lipinski definition) is 3. The van der Waals surface area contributed by atoms with Gasteiger partial charge in [0.15, 0.2) is 12.6 Å². The van der Waals surface area contributed by atoms with Gasteiger partial charge in [0, 0.05) is 18.4 Å². The second-order valence-corrected chi connectivity index (χ2v) is 3.82. The van der Waals surface area contributed by atoms with Gasteiger partial charge < -0.3 is 14.6 Å². The van der Waals surface area contributed by atoms with E-state index in [4.69, 9.17) is 9.47 Å². The molecule has 0 radical (unpaired) electrons. The second kappa shape index (κ2) is 2.98. The van der Waals surface area contributed by atoms with E-state index in [9.17, 15) is 5.11 Å². The average molecular weight is 172 g/mol. The van der Waals surface area contributed by atoms with Gasteiger partial charge >= 0.3 is 0 Å². The predicted molar refractivity (Wildman–Crippen MR) is 43.4 cm³/mol. The quantitative estimate of drug-likeness (QED) is 0.647. The van der Waals surface area contributed by atoms with Gasteiger partial charge in [-0.15, -0.1) is 0 Å². The Hall–Kier alpha value is -0.120. The van der Waals surface area contributed by atoms with Gasteiger partial charge in [0.1, 0.15) is 0 Å². The van der Waals surface area contributed by atoms with Gasteiger partial charge in [-0.2, -0.15) is 0 Å². The number of aliphatic hydroxyl groups is 1. The molecule has 2 fully saturated rings. The molecule has 70 valence electrons. The molecule has 0 aliphatic carbocycles. The van der Waals surface area contributed by atoms with Crippen LogP contribution in [0.5, 0.6) is 0 Å². The Morgan fingerprint density at radius 1 is 1.58 bits per heavy atom. The zero-order valence-corrected chi connectivity index (χ0v) is 7.45. The van der Waals surface area contributed by atoms with Crippen molar-refractivity contribution >= 4 is 0 Å². The Labute approximate surface area is 72.7 Å². The molecule has 3 atom stereocenters. The van der Waals surface area contributed by atoms with E-state index in [0.29, 0.717) is 0 Å². The summed E-state index contributed by atoms with van der Waals surface area (Å²) >= 11 is 0. The summed E-state index contributed by atoms with van der Waals surface area (Å²) in [6.45, 7) is 2.92. The lowest BCUT2D eigenvalue weighted by atomic mass is 9.77. The molecule has 0 amide bonds. The highest BCUT2D eigenvalue weighted by molar-refractivity contribution is 4.89. The Balaban J connectivity index is 2.14. The lowest BCUT2D eigenvalue weighted by Crippen LogP contribution is -2.37. The van der Waals surface area contributed by atoms with Crippen molar-refractivity contribution in [1.29, 1.82) is 0 Å². The molecule has 2 aliphatic rings. The molecule has 2 aliphatic heterocycles. The third-order valence-corrected chi connectivity index (χ3v) is 3.15. The molecular weight excluding hydrogens is 156 g/mol. The van der Waals surface area contributed by atoms with Crippen LogP contribution in [0.2, 0.25) is 0 Å². The molecule has 0 saturated carbocycles. The molecule has 0 aromatic rings. The number of fused-ring (bicyclic) bond motifs is 1. The smallest absolute Gasteiger partial charge is 0.166 e. The molecule has 2 rings (SSSR count). The Bertz CT molecular complexity index is 171. The Morgan fingerprint density at radius 2 is 2.42 bits per heavy atom. The molecule has 2 saturated heterocycles. The van der Waals surface area contributed by atoms with Crippen molar-refractivity contribution in [3.05, 3.63) is 0 Å². The molecule has 1 N–H and O–H groups in total. The molecule has 3 heteroatoms. The summed E-state index contributed by atoms with van der Waals surface area (Å²) in [4.78, 5) is 0. The number of rotatable bonds is 1. The molecule has 12 heavy (non-hydrogen) atoms. The first-order valence-corrected chi connectivity index (χ1v) is 4.72. The summed E-state index contributed by atoms with van der Waals surface area (Å²) < 4.78 is 10.8. The fourth-order valence-electron chi connectivity index (χ4n) is 2.32.